The zero-order valence-corrected chi connectivity index (χ0v) is 31.0. The minimum atomic E-state index is 0.826. The van der Waals surface area contributed by atoms with Crippen molar-refractivity contribution in [3.63, 3.8) is 0 Å². The van der Waals surface area contributed by atoms with Gasteiger partial charge in [0, 0.05) is 50.1 Å². The minimum absolute atomic E-state index is 0.826. The third-order valence-corrected chi connectivity index (χ3v) is 11.4. The summed E-state index contributed by atoms with van der Waals surface area (Å²) in [6.45, 7) is 4.40. The molecule has 0 aliphatic heterocycles. The van der Waals surface area contributed by atoms with Crippen LogP contribution in [0.1, 0.15) is 11.1 Å². The molecule has 4 aromatic heterocycles. The molecule has 0 N–H and O–H groups in total. The standard InChI is InChI=1S/C51H35N5/c1-32-9-7-13-45-43-11-3-5-15-48(43)55(50(32)45)41-21-17-34(18-22-41)36-25-37(27-38(26-36)39-28-40-30-53-54-31-47(40)52-29-39)35-19-23-42(24-20-35)56-49-16-6-4-12-44(49)46-14-8-10-33(2)51(46)56/h3-31H,1-2H3. The van der Waals surface area contributed by atoms with Crippen LogP contribution in [0.15, 0.2) is 176 Å². The summed E-state index contributed by atoms with van der Waals surface area (Å²) >= 11 is 0. The van der Waals surface area contributed by atoms with Crippen LogP contribution in [-0.2, 0) is 0 Å². The maximum atomic E-state index is 4.75. The van der Waals surface area contributed by atoms with Crippen molar-refractivity contribution in [1.82, 2.24) is 24.3 Å². The van der Waals surface area contributed by atoms with Crippen LogP contribution >= 0.6 is 0 Å². The Hall–Kier alpha value is -7.37. The van der Waals surface area contributed by atoms with Crippen LogP contribution in [-0.4, -0.2) is 24.3 Å². The van der Waals surface area contributed by atoms with Crippen molar-refractivity contribution >= 4 is 54.5 Å². The van der Waals surface area contributed by atoms with Gasteiger partial charge in [0.05, 0.1) is 40.0 Å². The highest BCUT2D eigenvalue weighted by molar-refractivity contribution is 6.11. The van der Waals surface area contributed by atoms with Crippen molar-refractivity contribution in [2.75, 3.05) is 0 Å². The van der Waals surface area contributed by atoms with Gasteiger partial charge in [-0.15, -0.1) is 0 Å². The molecule has 0 aliphatic carbocycles. The SMILES string of the molecule is Cc1cccc2c3ccccc3n(-c3ccc(-c4cc(-c5ccc(-n6c7ccccc7c7cccc(C)c76)cc5)cc(-c5cnc6cnncc6c5)c4)cc3)c12. The quantitative estimate of drug-likeness (QED) is 0.178. The Bertz CT molecular complexity index is 3130. The summed E-state index contributed by atoms with van der Waals surface area (Å²) in [6.07, 6.45) is 5.43. The zero-order valence-electron chi connectivity index (χ0n) is 31.0. The predicted molar refractivity (Wildman–Crippen MR) is 232 cm³/mol. The van der Waals surface area contributed by atoms with Crippen LogP contribution in [0.4, 0.5) is 0 Å². The van der Waals surface area contributed by atoms with E-state index in [-0.39, 0.29) is 0 Å². The van der Waals surface area contributed by atoms with Crippen LogP contribution in [0.2, 0.25) is 0 Å². The molecule has 7 aromatic carbocycles. The summed E-state index contributed by atoms with van der Waals surface area (Å²) in [7, 11) is 0. The largest absolute Gasteiger partial charge is 0.309 e. The van der Waals surface area contributed by atoms with Gasteiger partial charge in [-0.3, -0.25) is 4.98 Å². The molecule has 0 aliphatic rings. The number of hydrogen-bond donors (Lipinski definition) is 0. The van der Waals surface area contributed by atoms with Crippen molar-refractivity contribution in [1.29, 1.82) is 0 Å². The number of fused-ring (bicyclic) bond motifs is 7. The van der Waals surface area contributed by atoms with Gasteiger partial charge in [0.15, 0.2) is 0 Å². The number of pyridine rings is 1. The molecule has 0 radical (unpaired) electrons. The van der Waals surface area contributed by atoms with Crippen molar-refractivity contribution in [2.45, 2.75) is 13.8 Å². The Morgan fingerprint density at radius 3 is 1.38 bits per heavy atom. The predicted octanol–water partition coefficient (Wildman–Crippen LogP) is 12.8. The molecule has 11 aromatic rings. The Kier molecular flexibility index (Phi) is 7.23. The van der Waals surface area contributed by atoms with E-state index in [0.717, 1.165) is 55.7 Å². The van der Waals surface area contributed by atoms with E-state index in [0.29, 0.717) is 0 Å². The average Bonchev–Trinajstić information content (AvgIpc) is 3.78. The normalized spacial score (nSPS) is 11.8. The highest BCUT2D eigenvalue weighted by Gasteiger charge is 2.16. The first-order valence-corrected chi connectivity index (χ1v) is 19.0. The molecule has 0 saturated heterocycles. The first-order chi connectivity index (χ1) is 27.6. The number of rotatable bonds is 5. The molecule has 0 spiro atoms. The number of aryl methyl sites for hydroxylation is 2. The lowest BCUT2D eigenvalue weighted by Crippen LogP contribution is -1.96. The topological polar surface area (TPSA) is 48.5 Å². The van der Waals surface area contributed by atoms with E-state index in [9.17, 15) is 0 Å². The Labute approximate surface area is 323 Å². The summed E-state index contributed by atoms with van der Waals surface area (Å²) in [5, 5.41) is 14.2. The van der Waals surface area contributed by atoms with Crippen molar-refractivity contribution in [2.24, 2.45) is 0 Å². The van der Waals surface area contributed by atoms with Gasteiger partial charge >= 0.3 is 0 Å². The molecule has 0 amide bonds. The number of nitrogens with zero attached hydrogens (tertiary/aromatic N) is 5. The Balaban J connectivity index is 1.05. The third-order valence-electron chi connectivity index (χ3n) is 11.4. The van der Waals surface area contributed by atoms with Crippen molar-refractivity contribution in [3.05, 3.63) is 187 Å². The molecule has 4 heterocycles. The fraction of sp³-hybridized carbons (Fsp3) is 0.0392. The number of hydrogen-bond acceptors (Lipinski definition) is 3. The van der Waals surface area contributed by atoms with E-state index >= 15 is 0 Å². The lowest BCUT2D eigenvalue weighted by Gasteiger charge is -2.14. The van der Waals surface area contributed by atoms with Gasteiger partial charge in [-0.1, -0.05) is 97.1 Å². The van der Waals surface area contributed by atoms with Gasteiger partial charge in [0.2, 0.25) is 0 Å². The van der Waals surface area contributed by atoms with Crippen LogP contribution in [0, 0.1) is 13.8 Å². The van der Waals surface area contributed by atoms with Crippen LogP contribution in [0.3, 0.4) is 0 Å². The molecule has 11 rings (SSSR count). The minimum Gasteiger partial charge on any atom is -0.309 e. The van der Waals surface area contributed by atoms with Gasteiger partial charge < -0.3 is 9.13 Å². The fourth-order valence-corrected chi connectivity index (χ4v) is 8.69. The monoisotopic (exact) mass is 717 g/mol. The van der Waals surface area contributed by atoms with Crippen LogP contribution in [0.25, 0.3) is 99.3 Å². The lowest BCUT2D eigenvalue weighted by atomic mass is 9.93. The average molecular weight is 718 g/mol. The zero-order chi connectivity index (χ0) is 37.3. The smallest absolute Gasteiger partial charge is 0.0919 e. The first-order valence-electron chi connectivity index (χ1n) is 19.0. The molecule has 0 unspecified atom stereocenters. The molecular formula is C51H35N5. The first kappa shape index (κ1) is 32.1. The summed E-state index contributed by atoms with van der Waals surface area (Å²) in [5.74, 6) is 0. The molecule has 0 fully saturated rings. The molecule has 5 heteroatoms. The maximum Gasteiger partial charge on any atom is 0.0919 e. The molecular weight excluding hydrogens is 683 g/mol. The third kappa shape index (κ3) is 5.05. The van der Waals surface area contributed by atoms with Gasteiger partial charge in [0.1, 0.15) is 0 Å². The van der Waals surface area contributed by atoms with Crippen molar-refractivity contribution < 1.29 is 0 Å². The van der Waals surface area contributed by atoms with Crippen molar-refractivity contribution in [3.8, 4) is 44.8 Å². The molecule has 56 heavy (non-hydrogen) atoms. The van der Waals surface area contributed by atoms with E-state index < -0.39 is 0 Å². The Morgan fingerprint density at radius 1 is 0.375 bits per heavy atom. The second kappa shape index (κ2) is 12.6. The van der Waals surface area contributed by atoms with E-state index in [1.807, 2.05) is 6.20 Å². The summed E-state index contributed by atoms with van der Waals surface area (Å²) in [5.41, 5.74) is 17.2. The summed E-state index contributed by atoms with van der Waals surface area (Å²) in [4.78, 5) is 4.75. The van der Waals surface area contributed by atoms with E-state index in [1.165, 1.54) is 54.7 Å². The molecule has 5 nitrogen and oxygen atoms in total. The number of benzene rings is 7. The highest BCUT2D eigenvalue weighted by atomic mass is 15.1. The van der Waals surface area contributed by atoms with Gasteiger partial charge in [-0.05, 0) is 113 Å². The second-order valence-electron chi connectivity index (χ2n) is 14.7. The lowest BCUT2D eigenvalue weighted by molar-refractivity contribution is 1.04. The highest BCUT2D eigenvalue weighted by Crippen LogP contribution is 2.38. The summed E-state index contributed by atoms with van der Waals surface area (Å²) in [6, 6.07) is 57.5. The summed E-state index contributed by atoms with van der Waals surface area (Å²) < 4.78 is 4.80. The van der Waals surface area contributed by atoms with Gasteiger partial charge in [-0.25, -0.2) is 0 Å². The van der Waals surface area contributed by atoms with Gasteiger partial charge in [-0.2, -0.15) is 10.2 Å². The second-order valence-corrected chi connectivity index (χ2v) is 14.7. The maximum absolute atomic E-state index is 4.75. The van der Waals surface area contributed by atoms with Gasteiger partial charge in [0.25, 0.3) is 0 Å². The Morgan fingerprint density at radius 2 is 0.839 bits per heavy atom. The fourth-order valence-electron chi connectivity index (χ4n) is 8.69. The number of aromatic nitrogens is 5. The molecule has 0 atom stereocenters. The van der Waals surface area contributed by atoms with E-state index in [1.54, 1.807) is 12.4 Å². The number of para-hydroxylation sites is 4. The van der Waals surface area contributed by atoms with Crippen LogP contribution < -0.4 is 0 Å². The molecule has 0 saturated carbocycles. The molecule has 0 bridgehead atoms. The van der Waals surface area contributed by atoms with E-state index in [4.69, 9.17) is 4.98 Å². The van der Waals surface area contributed by atoms with E-state index in [2.05, 4.69) is 191 Å². The van der Waals surface area contributed by atoms with Crippen LogP contribution in [0.5, 0.6) is 0 Å². The molecule has 264 valence electrons.